The summed E-state index contributed by atoms with van der Waals surface area (Å²) >= 11 is 1.82. The van der Waals surface area contributed by atoms with Crippen molar-refractivity contribution in [1.29, 1.82) is 0 Å². The smallest absolute Gasteiger partial charge is 0.110 e. The Morgan fingerprint density at radius 2 is 2.26 bits per heavy atom. The molecule has 0 bridgehead atoms. The first-order chi connectivity index (χ1) is 9.19. The molecule has 1 unspecified atom stereocenters. The fourth-order valence-electron chi connectivity index (χ4n) is 2.02. The Labute approximate surface area is 119 Å². The minimum absolute atomic E-state index is 0.137. The summed E-state index contributed by atoms with van der Waals surface area (Å²) in [5.74, 6) is 2.00. The van der Waals surface area contributed by atoms with Crippen molar-refractivity contribution in [1.82, 2.24) is 9.55 Å². The number of hydrogen-bond donors (Lipinski definition) is 1. The van der Waals surface area contributed by atoms with Gasteiger partial charge in [0.25, 0.3) is 0 Å². The third-order valence-corrected chi connectivity index (χ3v) is 4.22. The van der Waals surface area contributed by atoms with Gasteiger partial charge < -0.3 is 10.3 Å². The van der Waals surface area contributed by atoms with Gasteiger partial charge >= 0.3 is 0 Å². The van der Waals surface area contributed by atoms with Gasteiger partial charge in [0.05, 0.1) is 0 Å². The molecule has 0 amide bonds. The van der Waals surface area contributed by atoms with Crippen LogP contribution in [-0.4, -0.2) is 21.3 Å². The third-order valence-electron chi connectivity index (χ3n) is 3.04. The number of rotatable bonds is 6. The molecule has 1 aromatic heterocycles. The van der Waals surface area contributed by atoms with E-state index in [0.717, 1.165) is 24.5 Å². The number of aryl methyl sites for hydroxylation is 2. The molecule has 0 radical (unpaired) electrons. The van der Waals surface area contributed by atoms with Crippen molar-refractivity contribution in [2.24, 2.45) is 5.73 Å². The summed E-state index contributed by atoms with van der Waals surface area (Å²) in [6, 6.07) is 8.68. The van der Waals surface area contributed by atoms with E-state index in [9.17, 15) is 0 Å². The van der Waals surface area contributed by atoms with Crippen LogP contribution in [0.2, 0.25) is 0 Å². The molecule has 0 fully saturated rings. The lowest BCUT2D eigenvalue weighted by Crippen LogP contribution is -2.27. The van der Waals surface area contributed by atoms with Gasteiger partial charge in [-0.2, -0.15) is 0 Å². The molecule has 0 spiro atoms. The normalized spacial score (nSPS) is 12.6. The molecule has 3 nitrogen and oxygen atoms in total. The molecule has 0 saturated carbocycles. The molecule has 1 aromatic carbocycles. The Morgan fingerprint density at radius 1 is 1.42 bits per heavy atom. The number of imidazole rings is 1. The number of benzene rings is 1. The van der Waals surface area contributed by atoms with Gasteiger partial charge in [0, 0.05) is 42.0 Å². The van der Waals surface area contributed by atoms with Crippen molar-refractivity contribution in [2.75, 3.05) is 5.75 Å². The monoisotopic (exact) mass is 275 g/mol. The van der Waals surface area contributed by atoms with E-state index in [1.54, 1.807) is 0 Å². The summed E-state index contributed by atoms with van der Waals surface area (Å²) in [6.45, 7) is 5.19. The zero-order chi connectivity index (χ0) is 13.7. The van der Waals surface area contributed by atoms with Gasteiger partial charge in [-0.05, 0) is 26.0 Å². The summed E-state index contributed by atoms with van der Waals surface area (Å²) in [6.07, 6.45) is 4.69. The fraction of sp³-hybridized carbons (Fsp3) is 0.400. The molecule has 0 saturated heterocycles. The summed E-state index contributed by atoms with van der Waals surface area (Å²) in [5.41, 5.74) is 7.49. The average molecular weight is 275 g/mol. The molecule has 19 heavy (non-hydrogen) atoms. The molecule has 0 aliphatic heterocycles. The van der Waals surface area contributed by atoms with E-state index < -0.39 is 0 Å². The molecular weight excluding hydrogens is 254 g/mol. The van der Waals surface area contributed by atoms with Crippen molar-refractivity contribution in [3.63, 3.8) is 0 Å². The maximum atomic E-state index is 6.20. The first-order valence-electron chi connectivity index (χ1n) is 6.64. The topological polar surface area (TPSA) is 43.8 Å². The average Bonchev–Trinajstić information content (AvgIpc) is 2.84. The van der Waals surface area contributed by atoms with Crippen LogP contribution in [0.4, 0.5) is 0 Å². The summed E-state index contributed by atoms with van der Waals surface area (Å²) in [4.78, 5) is 5.66. The quantitative estimate of drug-likeness (QED) is 0.824. The first kappa shape index (κ1) is 14.2. The second kappa shape index (κ2) is 6.78. The maximum absolute atomic E-state index is 6.20. The van der Waals surface area contributed by atoms with E-state index in [2.05, 4.69) is 47.7 Å². The number of hydrogen-bond acceptors (Lipinski definition) is 3. The van der Waals surface area contributed by atoms with Crippen LogP contribution in [0.5, 0.6) is 0 Å². The Kier molecular flexibility index (Phi) is 5.05. The van der Waals surface area contributed by atoms with Crippen LogP contribution in [0.1, 0.15) is 18.3 Å². The predicted molar refractivity (Wildman–Crippen MR) is 81.5 cm³/mol. The Morgan fingerprint density at radius 3 is 3.00 bits per heavy atom. The summed E-state index contributed by atoms with van der Waals surface area (Å²) in [5, 5.41) is 0. The predicted octanol–water partition coefficient (Wildman–Crippen LogP) is 2.87. The van der Waals surface area contributed by atoms with Gasteiger partial charge in [-0.25, -0.2) is 4.98 Å². The highest BCUT2D eigenvalue weighted by molar-refractivity contribution is 7.99. The number of thioether (sulfide) groups is 1. The van der Waals surface area contributed by atoms with Crippen molar-refractivity contribution < 1.29 is 0 Å². The van der Waals surface area contributed by atoms with Crippen LogP contribution in [0.25, 0.3) is 0 Å². The molecule has 1 atom stereocenters. The van der Waals surface area contributed by atoms with Crippen LogP contribution >= 0.6 is 11.8 Å². The lowest BCUT2D eigenvalue weighted by atomic mass is 10.2. The Bertz CT molecular complexity index is 522. The first-order valence-corrected chi connectivity index (χ1v) is 7.62. The van der Waals surface area contributed by atoms with Gasteiger partial charge in [-0.1, -0.05) is 17.7 Å². The molecule has 102 valence electrons. The molecular formula is C15H21N3S. The van der Waals surface area contributed by atoms with Crippen LogP contribution in [0.15, 0.2) is 41.6 Å². The van der Waals surface area contributed by atoms with Crippen LogP contribution in [-0.2, 0) is 13.0 Å². The summed E-state index contributed by atoms with van der Waals surface area (Å²) in [7, 11) is 0. The largest absolute Gasteiger partial charge is 0.335 e. The standard InChI is InChI=1S/C15H21N3S/c1-3-18-8-7-17-15(18)10-13(16)11-19-14-6-4-5-12(2)9-14/h4-9,13H,3,10-11,16H2,1-2H3. The highest BCUT2D eigenvalue weighted by atomic mass is 32.2. The zero-order valence-corrected chi connectivity index (χ0v) is 12.4. The van der Waals surface area contributed by atoms with Gasteiger partial charge in [-0.15, -0.1) is 11.8 Å². The lowest BCUT2D eigenvalue weighted by Gasteiger charge is -2.12. The maximum Gasteiger partial charge on any atom is 0.110 e. The molecule has 0 aliphatic carbocycles. The van der Waals surface area contributed by atoms with Gasteiger partial charge in [0.1, 0.15) is 5.82 Å². The van der Waals surface area contributed by atoms with Crippen molar-refractivity contribution in [3.05, 3.63) is 48.0 Å². The number of aromatic nitrogens is 2. The molecule has 4 heteroatoms. The SMILES string of the molecule is CCn1ccnc1CC(N)CSc1cccc(C)c1. The zero-order valence-electron chi connectivity index (χ0n) is 11.5. The lowest BCUT2D eigenvalue weighted by molar-refractivity contribution is 0.641. The second-order valence-corrected chi connectivity index (χ2v) is 5.81. The molecule has 1 heterocycles. The van der Waals surface area contributed by atoms with Crippen molar-refractivity contribution in [2.45, 2.75) is 37.8 Å². The van der Waals surface area contributed by atoms with E-state index in [1.165, 1.54) is 10.5 Å². The van der Waals surface area contributed by atoms with Gasteiger partial charge in [-0.3, -0.25) is 0 Å². The number of nitrogens with zero attached hydrogens (tertiary/aromatic N) is 2. The van der Waals surface area contributed by atoms with Crippen molar-refractivity contribution in [3.8, 4) is 0 Å². The van der Waals surface area contributed by atoms with Gasteiger partial charge in [0.2, 0.25) is 0 Å². The summed E-state index contributed by atoms with van der Waals surface area (Å²) < 4.78 is 2.15. The molecule has 0 aliphatic rings. The van der Waals surface area contributed by atoms with Gasteiger partial charge in [0.15, 0.2) is 0 Å². The van der Waals surface area contributed by atoms with Crippen LogP contribution in [0, 0.1) is 6.92 Å². The Hall–Kier alpha value is -1.26. The highest BCUT2D eigenvalue weighted by Crippen LogP contribution is 2.20. The van der Waals surface area contributed by atoms with Crippen LogP contribution in [0.3, 0.4) is 0 Å². The molecule has 2 rings (SSSR count). The van der Waals surface area contributed by atoms with E-state index in [-0.39, 0.29) is 6.04 Å². The van der Waals surface area contributed by atoms with E-state index in [4.69, 9.17) is 5.73 Å². The molecule has 2 N–H and O–H groups in total. The van der Waals surface area contributed by atoms with Crippen molar-refractivity contribution >= 4 is 11.8 Å². The minimum Gasteiger partial charge on any atom is -0.335 e. The fourth-order valence-corrected chi connectivity index (χ4v) is 2.99. The highest BCUT2D eigenvalue weighted by Gasteiger charge is 2.09. The minimum atomic E-state index is 0.137. The van der Waals surface area contributed by atoms with E-state index in [0.29, 0.717) is 0 Å². The van der Waals surface area contributed by atoms with E-state index >= 15 is 0 Å². The number of nitrogens with two attached hydrogens (primary N) is 1. The van der Waals surface area contributed by atoms with Crippen LogP contribution < -0.4 is 5.73 Å². The third kappa shape index (κ3) is 4.11. The van der Waals surface area contributed by atoms with E-state index in [1.807, 2.05) is 24.2 Å². The molecule has 2 aromatic rings. The Balaban J connectivity index is 1.86. The second-order valence-electron chi connectivity index (χ2n) is 4.72.